The molecule has 2 heterocycles. The van der Waals surface area contributed by atoms with Crippen LogP contribution in [0.1, 0.15) is 26.4 Å². The van der Waals surface area contributed by atoms with E-state index in [2.05, 4.69) is 39.7 Å². The van der Waals surface area contributed by atoms with Gasteiger partial charge in [-0.1, -0.05) is 48.5 Å². The van der Waals surface area contributed by atoms with E-state index in [9.17, 15) is 9.59 Å². The molecule has 168 valence electrons. The van der Waals surface area contributed by atoms with Crippen LogP contribution >= 0.6 is 0 Å². The van der Waals surface area contributed by atoms with E-state index in [1.807, 2.05) is 37.4 Å². The zero-order valence-corrected chi connectivity index (χ0v) is 18.4. The van der Waals surface area contributed by atoms with E-state index >= 15 is 0 Å². The molecular weight excluding hydrogens is 428 g/mol. The van der Waals surface area contributed by atoms with E-state index in [1.54, 1.807) is 22.9 Å². The number of rotatable bonds is 6. The minimum Gasteiger partial charge on any atom is -0.478 e. The Morgan fingerprint density at radius 3 is 2.44 bits per heavy atom. The van der Waals surface area contributed by atoms with Crippen molar-refractivity contribution in [3.8, 4) is 22.5 Å². The van der Waals surface area contributed by atoms with Gasteiger partial charge in [-0.05, 0) is 47.5 Å². The summed E-state index contributed by atoms with van der Waals surface area (Å²) in [4.78, 5) is 27.1. The Balaban J connectivity index is 1.34. The molecule has 0 saturated carbocycles. The molecule has 0 radical (unpaired) electrons. The van der Waals surface area contributed by atoms with Gasteiger partial charge in [0.25, 0.3) is 5.91 Å². The third-order valence-corrected chi connectivity index (χ3v) is 5.77. The van der Waals surface area contributed by atoms with Gasteiger partial charge in [-0.3, -0.25) is 9.48 Å². The minimum atomic E-state index is -0.981. The molecule has 3 N–H and O–H groups in total. The summed E-state index contributed by atoms with van der Waals surface area (Å²) in [6, 6.07) is 26.6. The molecule has 0 aliphatic heterocycles. The second-order valence-electron chi connectivity index (χ2n) is 8.07. The molecule has 0 fully saturated rings. The molecular formula is C27H22N4O3. The maximum absolute atomic E-state index is 12.7. The lowest BCUT2D eigenvalue weighted by molar-refractivity contribution is 0.0696. The average molecular weight is 450 g/mol. The topological polar surface area (TPSA) is 100 Å². The number of hydrogen-bond donors (Lipinski definition) is 3. The van der Waals surface area contributed by atoms with Crippen LogP contribution in [0.15, 0.2) is 84.9 Å². The van der Waals surface area contributed by atoms with Gasteiger partial charge in [-0.25, -0.2) is 4.79 Å². The maximum Gasteiger partial charge on any atom is 0.335 e. The highest BCUT2D eigenvalue weighted by Crippen LogP contribution is 2.28. The quantitative estimate of drug-likeness (QED) is 0.344. The van der Waals surface area contributed by atoms with Crippen LogP contribution in [0.3, 0.4) is 0 Å². The number of fused-ring (bicyclic) bond motifs is 1. The number of nitrogens with zero attached hydrogens (tertiary/aromatic N) is 2. The Bertz CT molecular complexity index is 1500. The summed E-state index contributed by atoms with van der Waals surface area (Å²) in [5.41, 5.74) is 6.34. The highest BCUT2D eigenvalue weighted by Gasteiger charge is 2.15. The van der Waals surface area contributed by atoms with E-state index < -0.39 is 5.97 Å². The monoisotopic (exact) mass is 450 g/mol. The lowest BCUT2D eigenvalue weighted by Crippen LogP contribution is -2.23. The van der Waals surface area contributed by atoms with E-state index in [4.69, 9.17) is 5.11 Å². The molecule has 0 bridgehead atoms. The van der Waals surface area contributed by atoms with E-state index in [1.165, 1.54) is 12.1 Å². The predicted molar refractivity (Wildman–Crippen MR) is 131 cm³/mol. The standard InChI is InChI=1S/C27H22N4O3/c1-31-25(15-24(30-31)26(32)28-16-17-7-9-19(10-8-17)27(33)34)20-11-12-22-21(13-20)14-23(29-22)18-5-3-2-4-6-18/h2-15,29H,16H2,1H3,(H,28,32)(H,33,34). The number of aromatic carboxylic acids is 1. The Morgan fingerprint density at radius 2 is 1.71 bits per heavy atom. The molecule has 7 nitrogen and oxygen atoms in total. The fraction of sp³-hybridized carbons (Fsp3) is 0.0741. The van der Waals surface area contributed by atoms with Gasteiger partial charge in [-0.15, -0.1) is 0 Å². The van der Waals surface area contributed by atoms with Crippen molar-refractivity contribution in [2.75, 3.05) is 0 Å². The molecule has 0 saturated heterocycles. The Morgan fingerprint density at radius 1 is 0.941 bits per heavy atom. The highest BCUT2D eigenvalue weighted by molar-refractivity contribution is 5.94. The Hall–Kier alpha value is -4.65. The second kappa shape index (κ2) is 8.71. The van der Waals surface area contributed by atoms with E-state index in [0.29, 0.717) is 5.69 Å². The zero-order chi connectivity index (χ0) is 23.7. The van der Waals surface area contributed by atoms with E-state index in [-0.39, 0.29) is 18.0 Å². The molecule has 2 aromatic heterocycles. The molecule has 0 unspecified atom stereocenters. The number of carbonyl (C=O) groups excluding carboxylic acids is 1. The molecule has 1 amide bonds. The van der Waals surface area contributed by atoms with Crippen molar-refractivity contribution in [3.05, 3.63) is 102 Å². The van der Waals surface area contributed by atoms with Gasteiger partial charge in [-0.2, -0.15) is 5.10 Å². The molecule has 5 aromatic rings. The summed E-state index contributed by atoms with van der Waals surface area (Å²) in [5, 5.41) is 17.3. The van der Waals surface area contributed by atoms with Crippen molar-refractivity contribution in [2.45, 2.75) is 6.54 Å². The SMILES string of the molecule is Cn1nc(C(=O)NCc2ccc(C(=O)O)cc2)cc1-c1ccc2[nH]c(-c3ccccc3)cc2c1. The van der Waals surface area contributed by atoms with Crippen molar-refractivity contribution in [1.29, 1.82) is 0 Å². The Kier molecular flexibility index (Phi) is 5.43. The first-order valence-electron chi connectivity index (χ1n) is 10.8. The third kappa shape index (κ3) is 4.19. The predicted octanol–water partition coefficient (Wildman–Crippen LogP) is 4.86. The second-order valence-corrected chi connectivity index (χ2v) is 8.07. The van der Waals surface area contributed by atoms with E-state index in [0.717, 1.165) is 39.0 Å². The van der Waals surface area contributed by atoms with Crippen LogP contribution < -0.4 is 5.32 Å². The minimum absolute atomic E-state index is 0.208. The van der Waals surface area contributed by atoms with Gasteiger partial charge in [0.2, 0.25) is 0 Å². The first-order chi connectivity index (χ1) is 16.5. The van der Waals surface area contributed by atoms with Gasteiger partial charge in [0.05, 0.1) is 11.3 Å². The van der Waals surface area contributed by atoms with Crippen LogP contribution in [0.2, 0.25) is 0 Å². The zero-order valence-electron chi connectivity index (χ0n) is 18.4. The fourth-order valence-electron chi connectivity index (χ4n) is 3.95. The Labute approximate surface area is 195 Å². The molecule has 0 aliphatic rings. The number of amides is 1. The van der Waals surface area contributed by atoms with Gasteiger partial charge in [0, 0.05) is 35.8 Å². The number of aromatic nitrogens is 3. The fourth-order valence-corrected chi connectivity index (χ4v) is 3.95. The number of hydrogen-bond acceptors (Lipinski definition) is 3. The van der Waals surface area contributed by atoms with Gasteiger partial charge in [0.1, 0.15) is 0 Å². The molecule has 34 heavy (non-hydrogen) atoms. The number of aromatic amines is 1. The van der Waals surface area contributed by atoms with Crippen molar-refractivity contribution in [2.24, 2.45) is 7.05 Å². The van der Waals surface area contributed by atoms with Crippen LogP contribution in [-0.2, 0) is 13.6 Å². The van der Waals surface area contributed by atoms with Gasteiger partial charge >= 0.3 is 5.97 Å². The van der Waals surface area contributed by atoms with Crippen LogP contribution in [-0.4, -0.2) is 31.7 Å². The number of aryl methyl sites for hydroxylation is 1. The molecule has 5 rings (SSSR count). The molecule has 0 spiro atoms. The number of benzene rings is 3. The van der Waals surface area contributed by atoms with Gasteiger partial charge in [0.15, 0.2) is 5.69 Å². The summed E-state index contributed by atoms with van der Waals surface area (Å²) in [5.74, 6) is -1.27. The van der Waals surface area contributed by atoms with Crippen molar-refractivity contribution in [3.63, 3.8) is 0 Å². The normalized spacial score (nSPS) is 11.0. The summed E-state index contributed by atoms with van der Waals surface area (Å²) >= 11 is 0. The number of carbonyl (C=O) groups is 2. The summed E-state index contributed by atoms with van der Waals surface area (Å²) in [7, 11) is 1.81. The molecule has 7 heteroatoms. The lowest BCUT2D eigenvalue weighted by atomic mass is 10.1. The summed E-state index contributed by atoms with van der Waals surface area (Å²) in [6.07, 6.45) is 0. The van der Waals surface area contributed by atoms with Crippen LogP contribution in [0.25, 0.3) is 33.4 Å². The molecule has 0 atom stereocenters. The summed E-state index contributed by atoms with van der Waals surface area (Å²) in [6.45, 7) is 0.280. The van der Waals surface area contributed by atoms with Crippen LogP contribution in [0, 0.1) is 0 Å². The number of carboxylic acids is 1. The number of nitrogens with one attached hydrogen (secondary N) is 2. The average Bonchev–Trinajstić information content (AvgIpc) is 3.46. The largest absolute Gasteiger partial charge is 0.478 e. The third-order valence-electron chi connectivity index (χ3n) is 5.77. The first kappa shape index (κ1) is 21.2. The van der Waals surface area contributed by atoms with Crippen molar-refractivity contribution < 1.29 is 14.7 Å². The highest BCUT2D eigenvalue weighted by atomic mass is 16.4. The number of carboxylic acid groups (broad SMARTS) is 1. The van der Waals surface area contributed by atoms with Crippen molar-refractivity contribution in [1.82, 2.24) is 20.1 Å². The first-order valence-corrected chi connectivity index (χ1v) is 10.8. The lowest BCUT2D eigenvalue weighted by Gasteiger charge is -2.04. The van der Waals surface area contributed by atoms with Crippen LogP contribution in [0.4, 0.5) is 0 Å². The molecule has 0 aliphatic carbocycles. The van der Waals surface area contributed by atoms with Gasteiger partial charge < -0.3 is 15.4 Å². The number of H-pyrrole nitrogens is 1. The summed E-state index contributed by atoms with van der Waals surface area (Å²) < 4.78 is 1.70. The van der Waals surface area contributed by atoms with Crippen LogP contribution in [0.5, 0.6) is 0 Å². The molecule has 3 aromatic carbocycles. The van der Waals surface area contributed by atoms with Crippen molar-refractivity contribution >= 4 is 22.8 Å². The maximum atomic E-state index is 12.7. The smallest absolute Gasteiger partial charge is 0.335 e.